The third kappa shape index (κ3) is 3.56. The fourth-order valence-corrected chi connectivity index (χ4v) is 4.60. The maximum atomic E-state index is 12.7. The van der Waals surface area contributed by atoms with Crippen LogP contribution in [0.4, 0.5) is 0 Å². The number of nitrogens with zero attached hydrogens (tertiary/aromatic N) is 3. The molecule has 7 nitrogen and oxygen atoms in total. The van der Waals surface area contributed by atoms with Crippen molar-refractivity contribution in [2.75, 3.05) is 6.61 Å². The minimum absolute atomic E-state index is 0.207. The highest BCUT2D eigenvalue weighted by molar-refractivity contribution is 7.89. The van der Waals surface area contributed by atoms with Crippen LogP contribution in [-0.4, -0.2) is 35.8 Å². The molecule has 0 amide bonds. The molecule has 3 rings (SSSR count). The van der Waals surface area contributed by atoms with Crippen molar-refractivity contribution in [1.82, 2.24) is 19.5 Å². The van der Waals surface area contributed by atoms with Gasteiger partial charge in [-0.05, 0) is 32.9 Å². The molecule has 0 bridgehead atoms. The molecule has 0 fully saturated rings. The molecule has 0 aliphatic rings. The molecular formula is C18H22N4O3S. The minimum Gasteiger partial charge on any atom is -0.491 e. The van der Waals surface area contributed by atoms with Gasteiger partial charge in [-0.25, -0.2) is 13.1 Å². The summed E-state index contributed by atoms with van der Waals surface area (Å²) in [5, 5.41) is 6.09. The summed E-state index contributed by atoms with van der Waals surface area (Å²) in [7, 11) is -1.94. The SMILES string of the molecule is Cc1nn(C)c(C)c1S(=O)(=O)N[C@@H](C)COc1cccc2cnccc12. The van der Waals surface area contributed by atoms with Gasteiger partial charge in [0, 0.05) is 30.2 Å². The maximum Gasteiger partial charge on any atom is 0.244 e. The lowest BCUT2D eigenvalue weighted by Gasteiger charge is -2.16. The van der Waals surface area contributed by atoms with Gasteiger partial charge in [0.1, 0.15) is 17.3 Å². The molecule has 2 aromatic heterocycles. The number of aryl methyl sites for hydroxylation is 2. The zero-order valence-corrected chi connectivity index (χ0v) is 16.0. The minimum atomic E-state index is -3.67. The summed E-state index contributed by atoms with van der Waals surface area (Å²) in [4.78, 5) is 4.32. The standard InChI is InChI=1S/C18H22N4O3S/c1-12(21-26(23,24)18-13(2)20-22(4)14(18)3)11-25-17-7-5-6-15-10-19-9-8-16(15)17/h5-10,12,21H,11H2,1-4H3/t12-/m0/s1. The van der Waals surface area contributed by atoms with Crippen molar-refractivity contribution >= 4 is 20.8 Å². The van der Waals surface area contributed by atoms with Crippen LogP contribution < -0.4 is 9.46 Å². The molecule has 138 valence electrons. The van der Waals surface area contributed by atoms with Crippen LogP contribution in [0.2, 0.25) is 0 Å². The first-order valence-electron chi connectivity index (χ1n) is 8.27. The number of sulfonamides is 1. The highest BCUT2D eigenvalue weighted by Crippen LogP contribution is 2.24. The lowest BCUT2D eigenvalue weighted by Crippen LogP contribution is -2.37. The normalized spacial score (nSPS) is 13.1. The third-order valence-electron chi connectivity index (χ3n) is 4.20. The Morgan fingerprint density at radius 3 is 2.73 bits per heavy atom. The number of aromatic nitrogens is 3. The zero-order chi connectivity index (χ0) is 18.9. The van der Waals surface area contributed by atoms with E-state index in [0.717, 1.165) is 10.8 Å². The number of benzene rings is 1. The predicted octanol–water partition coefficient (Wildman–Crippen LogP) is 2.33. The van der Waals surface area contributed by atoms with Crippen LogP contribution in [0, 0.1) is 13.8 Å². The van der Waals surface area contributed by atoms with E-state index < -0.39 is 16.1 Å². The molecule has 2 heterocycles. The van der Waals surface area contributed by atoms with Crippen molar-refractivity contribution in [2.45, 2.75) is 31.7 Å². The lowest BCUT2D eigenvalue weighted by molar-refractivity contribution is 0.290. The van der Waals surface area contributed by atoms with Gasteiger partial charge in [-0.15, -0.1) is 0 Å². The van der Waals surface area contributed by atoms with Crippen molar-refractivity contribution in [2.24, 2.45) is 7.05 Å². The van der Waals surface area contributed by atoms with Crippen LogP contribution in [-0.2, 0) is 17.1 Å². The Kier molecular flexibility index (Phi) is 4.97. The number of fused-ring (bicyclic) bond motifs is 1. The van der Waals surface area contributed by atoms with Gasteiger partial charge >= 0.3 is 0 Å². The van der Waals surface area contributed by atoms with Crippen LogP contribution in [0.5, 0.6) is 5.75 Å². The molecule has 0 unspecified atom stereocenters. The van der Waals surface area contributed by atoms with Crippen molar-refractivity contribution in [3.05, 3.63) is 48.0 Å². The summed E-state index contributed by atoms with van der Waals surface area (Å²) in [6.07, 6.45) is 3.47. The number of ether oxygens (including phenoxy) is 1. The van der Waals surface area contributed by atoms with Gasteiger partial charge in [0.15, 0.2) is 0 Å². The molecule has 0 aliphatic heterocycles. The average Bonchev–Trinajstić information content (AvgIpc) is 2.85. The lowest BCUT2D eigenvalue weighted by atomic mass is 10.1. The molecule has 26 heavy (non-hydrogen) atoms. The molecule has 0 saturated carbocycles. The summed E-state index contributed by atoms with van der Waals surface area (Å²) in [5.41, 5.74) is 1.08. The molecule has 3 aromatic rings. The van der Waals surface area contributed by atoms with E-state index >= 15 is 0 Å². The van der Waals surface area contributed by atoms with E-state index in [4.69, 9.17) is 4.74 Å². The fraction of sp³-hybridized carbons (Fsp3) is 0.333. The molecule has 1 atom stereocenters. The van der Waals surface area contributed by atoms with Crippen molar-refractivity contribution in [3.63, 3.8) is 0 Å². The smallest absolute Gasteiger partial charge is 0.244 e. The molecule has 0 aliphatic carbocycles. The Balaban J connectivity index is 1.73. The summed E-state index contributed by atoms with van der Waals surface area (Å²) >= 11 is 0. The highest BCUT2D eigenvalue weighted by Gasteiger charge is 2.25. The molecule has 0 spiro atoms. The Labute approximate surface area is 153 Å². The monoisotopic (exact) mass is 374 g/mol. The van der Waals surface area contributed by atoms with Gasteiger partial charge in [0.25, 0.3) is 0 Å². The van der Waals surface area contributed by atoms with E-state index in [2.05, 4.69) is 14.8 Å². The second-order valence-electron chi connectivity index (χ2n) is 6.31. The average molecular weight is 374 g/mol. The Morgan fingerprint density at radius 2 is 2.04 bits per heavy atom. The molecule has 1 aromatic carbocycles. The zero-order valence-electron chi connectivity index (χ0n) is 15.2. The van der Waals surface area contributed by atoms with Crippen LogP contribution in [0.1, 0.15) is 18.3 Å². The van der Waals surface area contributed by atoms with Gasteiger partial charge < -0.3 is 4.74 Å². The quantitative estimate of drug-likeness (QED) is 0.716. The first-order valence-corrected chi connectivity index (χ1v) is 9.76. The van der Waals surface area contributed by atoms with Crippen LogP contribution in [0.15, 0.2) is 41.6 Å². The van der Waals surface area contributed by atoms with E-state index in [0.29, 0.717) is 17.1 Å². The number of rotatable bonds is 6. The van der Waals surface area contributed by atoms with E-state index in [1.165, 1.54) is 0 Å². The van der Waals surface area contributed by atoms with Gasteiger partial charge in [0.2, 0.25) is 10.0 Å². The topological polar surface area (TPSA) is 86.1 Å². The molecular weight excluding hydrogens is 352 g/mol. The summed E-state index contributed by atoms with van der Waals surface area (Å²) in [5.74, 6) is 0.699. The van der Waals surface area contributed by atoms with E-state index in [1.54, 1.807) is 44.9 Å². The number of hydrogen-bond donors (Lipinski definition) is 1. The maximum absolute atomic E-state index is 12.7. The van der Waals surface area contributed by atoms with Crippen LogP contribution in [0.25, 0.3) is 10.8 Å². The van der Waals surface area contributed by atoms with E-state index in [9.17, 15) is 8.42 Å². The number of hydrogen-bond acceptors (Lipinski definition) is 5. The van der Waals surface area contributed by atoms with Gasteiger partial charge in [0.05, 0.1) is 17.4 Å². The first kappa shape index (κ1) is 18.3. The predicted molar refractivity (Wildman–Crippen MR) is 99.7 cm³/mol. The Morgan fingerprint density at radius 1 is 1.27 bits per heavy atom. The second-order valence-corrected chi connectivity index (χ2v) is 7.96. The Hall–Kier alpha value is -2.45. The summed E-state index contributed by atoms with van der Waals surface area (Å²) < 4.78 is 35.5. The molecule has 8 heteroatoms. The van der Waals surface area contributed by atoms with Crippen molar-refractivity contribution < 1.29 is 13.2 Å². The van der Waals surface area contributed by atoms with Crippen molar-refractivity contribution in [3.8, 4) is 5.75 Å². The third-order valence-corrected chi connectivity index (χ3v) is 6.04. The number of nitrogens with one attached hydrogen (secondary N) is 1. The Bertz CT molecular complexity index is 1040. The van der Waals surface area contributed by atoms with E-state index in [1.807, 2.05) is 24.3 Å². The van der Waals surface area contributed by atoms with Crippen molar-refractivity contribution in [1.29, 1.82) is 0 Å². The largest absolute Gasteiger partial charge is 0.491 e. The first-order chi connectivity index (χ1) is 12.3. The molecule has 0 radical (unpaired) electrons. The molecule has 0 saturated heterocycles. The second kappa shape index (κ2) is 7.05. The van der Waals surface area contributed by atoms with Crippen LogP contribution in [0.3, 0.4) is 0 Å². The fourth-order valence-electron chi connectivity index (χ4n) is 2.93. The van der Waals surface area contributed by atoms with E-state index in [-0.39, 0.29) is 11.5 Å². The van der Waals surface area contributed by atoms with Gasteiger partial charge in [-0.3, -0.25) is 9.67 Å². The molecule has 1 N–H and O–H groups in total. The number of pyridine rings is 1. The highest BCUT2D eigenvalue weighted by atomic mass is 32.2. The van der Waals surface area contributed by atoms with Gasteiger partial charge in [-0.2, -0.15) is 5.10 Å². The summed E-state index contributed by atoms with van der Waals surface area (Å²) in [6, 6.07) is 7.17. The van der Waals surface area contributed by atoms with Crippen LogP contribution >= 0.6 is 0 Å². The van der Waals surface area contributed by atoms with Gasteiger partial charge in [-0.1, -0.05) is 12.1 Å². The summed E-state index contributed by atoms with van der Waals surface area (Å²) in [6.45, 7) is 5.40.